The van der Waals surface area contributed by atoms with E-state index in [1.54, 1.807) is 0 Å². The van der Waals surface area contributed by atoms with Gasteiger partial charge in [0, 0.05) is 18.5 Å². The molecule has 0 radical (unpaired) electrons. The Morgan fingerprint density at radius 1 is 1.27 bits per heavy atom. The number of allylic oxidation sites excluding steroid dienone is 1. The Kier molecular flexibility index (Phi) is 5.13. The van der Waals surface area contributed by atoms with Crippen LogP contribution in [0.15, 0.2) is 29.8 Å². The summed E-state index contributed by atoms with van der Waals surface area (Å²) >= 11 is 0. The van der Waals surface area contributed by atoms with Crippen molar-refractivity contribution in [2.75, 3.05) is 20.2 Å². The zero-order chi connectivity index (χ0) is 19.1. The van der Waals surface area contributed by atoms with Crippen molar-refractivity contribution in [2.45, 2.75) is 46.3 Å². The number of carbonyl (C=O) groups excluding carboxylic acids is 1. The van der Waals surface area contributed by atoms with Gasteiger partial charge < -0.3 is 10.2 Å². The van der Waals surface area contributed by atoms with Gasteiger partial charge in [-0.1, -0.05) is 45.0 Å². The summed E-state index contributed by atoms with van der Waals surface area (Å²) in [4.78, 5) is 14.9. The highest BCUT2D eigenvalue weighted by Gasteiger charge is 2.63. The number of hydrogen-bond acceptors (Lipinski definition) is 4. The van der Waals surface area contributed by atoms with Crippen LogP contribution in [0.5, 0.6) is 0 Å². The molecule has 1 aromatic rings. The minimum Gasteiger partial charge on any atom is -0.394 e. The molecule has 3 rings (SSSR count). The number of aliphatic hydroxyl groups excluding tert-OH is 2. The lowest BCUT2D eigenvalue weighted by Crippen LogP contribution is -2.32. The predicted molar refractivity (Wildman–Crippen MR) is 103 cm³/mol. The number of rotatable bonds is 6. The number of Topliss-reactive ketones (excluding diaryl/α,β-unsaturated/α-hetero) is 1. The second-order valence-electron chi connectivity index (χ2n) is 8.85. The van der Waals surface area contributed by atoms with E-state index in [9.17, 15) is 9.90 Å². The monoisotopic (exact) mass is 357 g/mol. The maximum Gasteiger partial charge on any atom is 0.165 e. The molecule has 4 nitrogen and oxygen atoms in total. The smallest absolute Gasteiger partial charge is 0.165 e. The van der Waals surface area contributed by atoms with E-state index in [0.717, 1.165) is 29.5 Å². The number of ketones is 1. The predicted octanol–water partition coefficient (Wildman–Crippen LogP) is 2.88. The first-order valence-corrected chi connectivity index (χ1v) is 9.52. The van der Waals surface area contributed by atoms with Crippen LogP contribution in [0.3, 0.4) is 0 Å². The average Bonchev–Trinajstić information content (AvgIpc) is 2.90. The highest BCUT2D eigenvalue weighted by Crippen LogP contribution is 2.65. The third kappa shape index (κ3) is 3.15. The molecule has 0 saturated heterocycles. The molecule has 0 heterocycles. The van der Waals surface area contributed by atoms with Crippen molar-refractivity contribution in [3.63, 3.8) is 0 Å². The third-order valence-electron chi connectivity index (χ3n) is 6.85. The SMILES string of the molecule is CN(Cc1ccc(C=C2C(=O)C3(C)CCC2C3(C)C)cc1)CC(O)CO. The van der Waals surface area contributed by atoms with Crippen LogP contribution in [0.4, 0.5) is 0 Å². The lowest BCUT2D eigenvalue weighted by atomic mass is 9.70. The zero-order valence-electron chi connectivity index (χ0n) is 16.3. The number of aliphatic hydroxyl groups is 2. The van der Waals surface area contributed by atoms with Crippen LogP contribution in [-0.4, -0.2) is 47.2 Å². The molecule has 4 heteroatoms. The number of fused-ring (bicyclic) bond motifs is 2. The van der Waals surface area contributed by atoms with Gasteiger partial charge in [-0.05, 0) is 54.0 Å². The molecule has 2 fully saturated rings. The first kappa shape index (κ1) is 19.3. The van der Waals surface area contributed by atoms with Gasteiger partial charge >= 0.3 is 0 Å². The van der Waals surface area contributed by atoms with E-state index < -0.39 is 6.10 Å². The van der Waals surface area contributed by atoms with E-state index in [1.165, 1.54) is 0 Å². The fourth-order valence-corrected chi connectivity index (χ4v) is 4.79. The Morgan fingerprint density at radius 3 is 2.46 bits per heavy atom. The van der Waals surface area contributed by atoms with Gasteiger partial charge in [-0.3, -0.25) is 9.69 Å². The Hall–Kier alpha value is -1.49. The van der Waals surface area contributed by atoms with Crippen molar-refractivity contribution in [3.8, 4) is 0 Å². The molecule has 2 N–H and O–H groups in total. The van der Waals surface area contributed by atoms with Crippen molar-refractivity contribution in [1.29, 1.82) is 0 Å². The summed E-state index contributed by atoms with van der Waals surface area (Å²) < 4.78 is 0. The Labute approximate surface area is 156 Å². The maximum atomic E-state index is 12.9. The Morgan fingerprint density at radius 2 is 1.92 bits per heavy atom. The topological polar surface area (TPSA) is 60.8 Å². The second-order valence-corrected chi connectivity index (χ2v) is 8.85. The Balaban J connectivity index is 1.72. The van der Waals surface area contributed by atoms with E-state index in [0.29, 0.717) is 24.8 Å². The fourth-order valence-electron chi connectivity index (χ4n) is 4.79. The fraction of sp³-hybridized carbons (Fsp3) is 0.591. The summed E-state index contributed by atoms with van der Waals surface area (Å²) in [5, 5.41) is 18.5. The molecule has 0 amide bonds. The van der Waals surface area contributed by atoms with Gasteiger partial charge in [0.1, 0.15) is 0 Å². The quantitative estimate of drug-likeness (QED) is 0.769. The summed E-state index contributed by atoms with van der Waals surface area (Å²) in [7, 11) is 1.92. The molecule has 142 valence electrons. The largest absolute Gasteiger partial charge is 0.394 e. The van der Waals surface area contributed by atoms with Crippen molar-refractivity contribution in [3.05, 3.63) is 41.0 Å². The first-order chi connectivity index (χ1) is 12.2. The molecule has 3 unspecified atom stereocenters. The number of hydrogen-bond donors (Lipinski definition) is 2. The van der Waals surface area contributed by atoms with E-state index in [1.807, 2.05) is 11.9 Å². The molecular formula is C22H31NO3. The van der Waals surface area contributed by atoms with Gasteiger partial charge in [0.2, 0.25) is 0 Å². The van der Waals surface area contributed by atoms with Crippen LogP contribution in [0.25, 0.3) is 6.08 Å². The molecule has 26 heavy (non-hydrogen) atoms. The lowest BCUT2D eigenvalue weighted by molar-refractivity contribution is -0.125. The highest BCUT2D eigenvalue weighted by molar-refractivity contribution is 6.07. The second kappa shape index (κ2) is 6.91. The highest BCUT2D eigenvalue weighted by atomic mass is 16.3. The van der Waals surface area contributed by atoms with Gasteiger partial charge in [-0.25, -0.2) is 0 Å². The van der Waals surface area contributed by atoms with E-state index in [-0.39, 0.29) is 17.4 Å². The van der Waals surface area contributed by atoms with Crippen LogP contribution >= 0.6 is 0 Å². The van der Waals surface area contributed by atoms with Crippen LogP contribution in [-0.2, 0) is 11.3 Å². The summed E-state index contributed by atoms with van der Waals surface area (Å²) in [5.41, 5.74) is 3.05. The van der Waals surface area contributed by atoms with Crippen LogP contribution in [0.1, 0.15) is 44.7 Å². The Bertz CT molecular complexity index is 707. The molecule has 2 bridgehead atoms. The van der Waals surface area contributed by atoms with E-state index in [2.05, 4.69) is 51.1 Å². The molecule has 0 aromatic heterocycles. The van der Waals surface area contributed by atoms with Gasteiger partial charge in [0.15, 0.2) is 5.78 Å². The zero-order valence-corrected chi connectivity index (χ0v) is 16.3. The van der Waals surface area contributed by atoms with Crippen molar-refractivity contribution < 1.29 is 15.0 Å². The average molecular weight is 357 g/mol. The molecule has 2 saturated carbocycles. The minimum absolute atomic E-state index is 0.0477. The molecule has 2 aliphatic rings. The van der Waals surface area contributed by atoms with Crippen molar-refractivity contribution >= 4 is 11.9 Å². The number of benzene rings is 1. The van der Waals surface area contributed by atoms with Crippen LogP contribution in [0, 0.1) is 16.7 Å². The van der Waals surface area contributed by atoms with E-state index in [4.69, 9.17) is 5.11 Å². The van der Waals surface area contributed by atoms with Crippen molar-refractivity contribution in [2.24, 2.45) is 16.7 Å². The molecule has 0 spiro atoms. The maximum absolute atomic E-state index is 12.9. The molecule has 3 atom stereocenters. The lowest BCUT2D eigenvalue weighted by Gasteiger charge is -2.31. The van der Waals surface area contributed by atoms with Crippen LogP contribution < -0.4 is 0 Å². The van der Waals surface area contributed by atoms with Gasteiger partial charge in [-0.2, -0.15) is 0 Å². The summed E-state index contributed by atoms with van der Waals surface area (Å²) in [6.45, 7) is 7.54. The number of carbonyl (C=O) groups is 1. The summed E-state index contributed by atoms with van der Waals surface area (Å²) in [6.07, 6.45) is 3.49. The van der Waals surface area contributed by atoms with Crippen molar-refractivity contribution in [1.82, 2.24) is 4.90 Å². The van der Waals surface area contributed by atoms with Gasteiger partial charge in [0.05, 0.1) is 12.7 Å². The summed E-state index contributed by atoms with van der Waals surface area (Å²) in [6, 6.07) is 8.26. The van der Waals surface area contributed by atoms with E-state index >= 15 is 0 Å². The number of likely N-dealkylation sites (N-methyl/N-ethyl adjacent to an activating group) is 1. The molecular weight excluding hydrogens is 326 g/mol. The van der Waals surface area contributed by atoms with Crippen LogP contribution in [0.2, 0.25) is 0 Å². The third-order valence-corrected chi connectivity index (χ3v) is 6.85. The standard InChI is InChI=1S/C22H31NO3/c1-21(2)19-9-10-22(21,3)20(26)18(19)11-15-5-7-16(8-6-15)12-23(4)13-17(25)14-24/h5-8,11,17,19,24-25H,9-10,12-14H2,1-4H3. The number of nitrogens with zero attached hydrogens (tertiary/aromatic N) is 1. The minimum atomic E-state index is -0.711. The first-order valence-electron chi connectivity index (χ1n) is 9.52. The normalized spacial score (nSPS) is 29.7. The molecule has 2 aliphatic carbocycles. The molecule has 1 aromatic carbocycles. The summed E-state index contributed by atoms with van der Waals surface area (Å²) in [5.74, 6) is 0.700. The van der Waals surface area contributed by atoms with Gasteiger partial charge in [0.25, 0.3) is 0 Å². The molecule has 0 aliphatic heterocycles. The van der Waals surface area contributed by atoms with Gasteiger partial charge in [-0.15, -0.1) is 0 Å².